The fourth-order valence-electron chi connectivity index (χ4n) is 7.19. The number of hydrogen-bond acceptors (Lipinski definition) is 6. The van der Waals surface area contributed by atoms with E-state index in [4.69, 9.17) is 16.3 Å². The van der Waals surface area contributed by atoms with Gasteiger partial charge in [-0.1, -0.05) is 41.9 Å². The molecule has 0 saturated carbocycles. The molecule has 3 aromatic rings. The van der Waals surface area contributed by atoms with Gasteiger partial charge in [-0.3, -0.25) is 14.4 Å². The number of likely N-dealkylation sites (tertiary alicyclic amines) is 1. The van der Waals surface area contributed by atoms with Crippen molar-refractivity contribution >= 4 is 52.5 Å². The molecule has 3 aliphatic rings. The van der Waals surface area contributed by atoms with Crippen LogP contribution in [-0.4, -0.2) is 56.5 Å². The van der Waals surface area contributed by atoms with Crippen LogP contribution in [0.15, 0.2) is 78.9 Å². The van der Waals surface area contributed by atoms with Crippen molar-refractivity contribution < 1.29 is 24.2 Å². The molecule has 3 amide bonds. The maximum absolute atomic E-state index is 14.6. The van der Waals surface area contributed by atoms with Crippen LogP contribution < -0.4 is 15.4 Å². The van der Waals surface area contributed by atoms with Gasteiger partial charge in [-0.2, -0.15) is 0 Å². The predicted molar refractivity (Wildman–Crippen MR) is 168 cm³/mol. The lowest BCUT2D eigenvalue weighted by atomic mass is 9.66. The van der Waals surface area contributed by atoms with Crippen LogP contribution in [0.5, 0.6) is 5.75 Å². The summed E-state index contributed by atoms with van der Waals surface area (Å²) in [5, 5.41) is 17.2. The zero-order valence-electron chi connectivity index (χ0n) is 24.0. The topological polar surface area (TPSA) is 108 Å². The first-order valence-electron chi connectivity index (χ1n) is 14.5. The van der Waals surface area contributed by atoms with Gasteiger partial charge in [0.15, 0.2) is 0 Å². The standard InChI is InChI=1S/C33H34ClN3O5S/c1-3-42-24-15-13-23(14-16-24)35-29(39)26-27-31(41)37(25(19-38)20-7-5-4-6-8-20)28(33(27)18-17-32(26,2)43-33)30(40)36-22-11-9-21(34)10-12-22/h4-16,25-28,38H,3,17-19H2,1-2H3,(H,35,39)(H,36,40)/t25-,26+,27+,28?,32-,33?/m1/s1. The molecule has 3 heterocycles. The first kappa shape index (κ1) is 29.5. The number of benzene rings is 3. The summed E-state index contributed by atoms with van der Waals surface area (Å²) in [5.74, 6) is -1.60. The van der Waals surface area contributed by atoms with Crippen molar-refractivity contribution in [3.05, 3.63) is 89.4 Å². The summed E-state index contributed by atoms with van der Waals surface area (Å²) in [6.07, 6.45) is 1.27. The molecule has 3 fully saturated rings. The molecular formula is C33H34ClN3O5S. The Hall–Kier alpha value is -3.53. The summed E-state index contributed by atoms with van der Waals surface area (Å²) in [5.41, 5.74) is 1.88. The van der Waals surface area contributed by atoms with Crippen LogP contribution in [0.25, 0.3) is 0 Å². The van der Waals surface area contributed by atoms with Gasteiger partial charge in [0, 0.05) is 21.1 Å². The number of nitrogens with zero attached hydrogens (tertiary/aromatic N) is 1. The minimum absolute atomic E-state index is 0.252. The van der Waals surface area contributed by atoms with Gasteiger partial charge in [0.05, 0.1) is 35.8 Å². The van der Waals surface area contributed by atoms with Crippen LogP contribution in [-0.2, 0) is 14.4 Å². The van der Waals surface area contributed by atoms with Crippen molar-refractivity contribution in [1.29, 1.82) is 0 Å². The largest absolute Gasteiger partial charge is 0.494 e. The molecule has 6 rings (SSSR count). The molecule has 1 spiro atoms. The van der Waals surface area contributed by atoms with Gasteiger partial charge in [0.25, 0.3) is 0 Å². The molecule has 10 heteroatoms. The smallest absolute Gasteiger partial charge is 0.248 e. The third kappa shape index (κ3) is 5.07. The van der Waals surface area contributed by atoms with Crippen LogP contribution in [0, 0.1) is 11.8 Å². The fourth-order valence-corrected chi connectivity index (χ4v) is 9.66. The molecule has 2 unspecified atom stereocenters. The quantitative estimate of drug-likeness (QED) is 0.291. The molecule has 224 valence electrons. The Bertz CT molecular complexity index is 1520. The lowest BCUT2D eigenvalue weighted by molar-refractivity contribution is -0.141. The molecule has 2 bridgehead atoms. The molecule has 0 aromatic heterocycles. The van der Waals surface area contributed by atoms with E-state index in [-0.39, 0.29) is 24.3 Å². The number of aliphatic hydroxyl groups is 1. The Morgan fingerprint density at radius 2 is 1.63 bits per heavy atom. The minimum Gasteiger partial charge on any atom is -0.494 e. The highest BCUT2D eigenvalue weighted by atomic mass is 35.5. The summed E-state index contributed by atoms with van der Waals surface area (Å²) >= 11 is 7.65. The number of ether oxygens (including phenoxy) is 1. The van der Waals surface area contributed by atoms with Gasteiger partial charge in [-0.25, -0.2) is 0 Å². The Morgan fingerprint density at radius 3 is 2.26 bits per heavy atom. The van der Waals surface area contributed by atoms with Gasteiger partial charge in [0.2, 0.25) is 17.7 Å². The zero-order chi connectivity index (χ0) is 30.4. The number of hydrogen-bond donors (Lipinski definition) is 3. The van der Waals surface area contributed by atoms with E-state index < -0.39 is 33.4 Å². The first-order chi connectivity index (χ1) is 20.7. The SMILES string of the molecule is CCOc1ccc(NC(=O)[C@@H]2[C@H]3C(=O)N([C@H](CO)c4ccccc4)C(C(=O)Nc4ccc(Cl)cc4)C34CC[C@@]2(C)S4)cc1. The van der Waals surface area contributed by atoms with Crippen molar-refractivity contribution in [2.45, 2.75) is 48.3 Å². The minimum atomic E-state index is -0.909. The normalized spacial score (nSPS) is 28.0. The van der Waals surface area contributed by atoms with Crippen molar-refractivity contribution in [1.82, 2.24) is 4.90 Å². The fraction of sp³-hybridized carbons (Fsp3) is 0.364. The predicted octanol–water partition coefficient (Wildman–Crippen LogP) is 5.53. The molecule has 6 atom stereocenters. The highest BCUT2D eigenvalue weighted by Crippen LogP contribution is 2.72. The second-order valence-corrected chi connectivity index (χ2v) is 13.9. The van der Waals surface area contributed by atoms with Crippen molar-refractivity contribution in [3.8, 4) is 5.75 Å². The van der Waals surface area contributed by atoms with Gasteiger partial charge in [-0.15, -0.1) is 11.8 Å². The van der Waals surface area contributed by atoms with E-state index in [2.05, 4.69) is 10.6 Å². The third-order valence-electron chi connectivity index (χ3n) is 8.98. The summed E-state index contributed by atoms with van der Waals surface area (Å²) < 4.78 is 4.14. The molecule has 3 aromatic carbocycles. The maximum Gasteiger partial charge on any atom is 0.248 e. The van der Waals surface area contributed by atoms with Gasteiger partial charge in [0.1, 0.15) is 11.8 Å². The molecular weight excluding hydrogens is 586 g/mol. The van der Waals surface area contributed by atoms with E-state index in [9.17, 15) is 19.5 Å². The zero-order valence-corrected chi connectivity index (χ0v) is 25.5. The molecule has 3 N–H and O–H groups in total. The number of anilines is 2. The second kappa shape index (κ2) is 11.5. The molecule has 8 nitrogen and oxygen atoms in total. The summed E-state index contributed by atoms with van der Waals surface area (Å²) in [7, 11) is 0. The van der Waals surface area contributed by atoms with E-state index in [1.54, 1.807) is 65.2 Å². The van der Waals surface area contributed by atoms with E-state index in [1.165, 1.54) is 0 Å². The van der Waals surface area contributed by atoms with E-state index >= 15 is 0 Å². The average Bonchev–Trinajstić information content (AvgIpc) is 3.57. The number of thioether (sulfide) groups is 1. The Labute approximate surface area is 260 Å². The lowest BCUT2D eigenvalue weighted by Gasteiger charge is -2.37. The van der Waals surface area contributed by atoms with Crippen molar-refractivity contribution in [2.24, 2.45) is 11.8 Å². The number of rotatable bonds is 9. The van der Waals surface area contributed by atoms with Gasteiger partial charge < -0.3 is 25.4 Å². The van der Waals surface area contributed by atoms with Crippen LogP contribution in [0.2, 0.25) is 5.02 Å². The van der Waals surface area contributed by atoms with E-state index in [0.29, 0.717) is 41.6 Å². The molecule has 3 aliphatic heterocycles. The number of fused-ring (bicyclic) bond motifs is 1. The Morgan fingerprint density at radius 1 is 1.00 bits per heavy atom. The third-order valence-corrected chi connectivity index (χ3v) is 11.2. The molecule has 0 aliphatic carbocycles. The van der Waals surface area contributed by atoms with E-state index in [1.807, 2.05) is 44.2 Å². The van der Waals surface area contributed by atoms with Crippen molar-refractivity contribution in [3.63, 3.8) is 0 Å². The summed E-state index contributed by atoms with van der Waals surface area (Å²) in [4.78, 5) is 44.4. The van der Waals surface area contributed by atoms with Crippen LogP contribution in [0.4, 0.5) is 11.4 Å². The van der Waals surface area contributed by atoms with Gasteiger partial charge in [-0.05, 0) is 80.8 Å². The summed E-state index contributed by atoms with van der Waals surface area (Å²) in [6, 6.07) is 21.5. The van der Waals surface area contributed by atoms with Crippen LogP contribution in [0.3, 0.4) is 0 Å². The van der Waals surface area contributed by atoms with Crippen LogP contribution >= 0.6 is 23.4 Å². The molecule has 3 saturated heterocycles. The second-order valence-electron chi connectivity index (χ2n) is 11.5. The van der Waals surface area contributed by atoms with Crippen molar-refractivity contribution in [2.75, 3.05) is 23.8 Å². The molecule has 0 radical (unpaired) electrons. The first-order valence-corrected chi connectivity index (χ1v) is 15.7. The lowest BCUT2D eigenvalue weighted by Crippen LogP contribution is -2.52. The van der Waals surface area contributed by atoms with E-state index in [0.717, 1.165) is 5.56 Å². The van der Waals surface area contributed by atoms with Gasteiger partial charge >= 0.3 is 0 Å². The highest BCUT2D eigenvalue weighted by Gasteiger charge is 2.77. The highest BCUT2D eigenvalue weighted by molar-refractivity contribution is 8.02. The number of halogens is 1. The van der Waals surface area contributed by atoms with Crippen LogP contribution in [0.1, 0.15) is 38.3 Å². The monoisotopic (exact) mass is 619 g/mol. The Balaban J connectivity index is 1.38. The number of carbonyl (C=O) groups excluding carboxylic acids is 3. The number of carbonyl (C=O) groups is 3. The molecule has 43 heavy (non-hydrogen) atoms. The Kier molecular flexibility index (Phi) is 7.91. The number of aliphatic hydroxyl groups excluding tert-OH is 1. The number of amides is 3. The maximum atomic E-state index is 14.6. The number of nitrogens with one attached hydrogen (secondary N) is 2. The summed E-state index contributed by atoms with van der Waals surface area (Å²) in [6.45, 7) is 4.10. The average molecular weight is 620 g/mol.